The average Bonchev–Trinajstić information content (AvgIpc) is 3.24. The van der Waals surface area contributed by atoms with Gasteiger partial charge >= 0.3 is 5.97 Å². The van der Waals surface area contributed by atoms with Crippen molar-refractivity contribution < 1.29 is 24.1 Å². The normalized spacial score (nSPS) is 18.0. The fraction of sp³-hybridized carbons (Fsp3) is 0.536. The zero-order valence-electron chi connectivity index (χ0n) is 20.7. The largest absolute Gasteiger partial charge is 0.481 e. The van der Waals surface area contributed by atoms with E-state index in [1.165, 1.54) is 0 Å². The number of nitrogens with zero attached hydrogens (tertiary/aromatic N) is 1. The van der Waals surface area contributed by atoms with Gasteiger partial charge in [0.25, 0.3) is 0 Å². The quantitative estimate of drug-likeness (QED) is 0.364. The highest BCUT2D eigenvalue weighted by atomic mass is 35.5. The standard InChI is InChI=1S/C28H37ClFNO4/c1-3-5-27(25-11-10-22(29)16-21(25)9-12-28(33)34)35-18-24(32)17-31-13-4-6-23(31)14-20-8-7-19(2)26(30)15-20/h7-8,10-11,15-16,23-24,27,32H,3-6,9,12-14,17-18H2,1-2H3,(H,33,34)/t23-,24+,27+/m0/s1. The summed E-state index contributed by atoms with van der Waals surface area (Å²) in [6.07, 6.45) is 4.02. The van der Waals surface area contributed by atoms with E-state index in [4.69, 9.17) is 21.4 Å². The van der Waals surface area contributed by atoms with Crippen LogP contribution >= 0.6 is 11.6 Å². The number of hydrogen-bond acceptors (Lipinski definition) is 4. The molecule has 0 saturated carbocycles. The lowest BCUT2D eigenvalue weighted by atomic mass is 9.96. The number of aliphatic hydroxyl groups excluding tert-OH is 1. The van der Waals surface area contributed by atoms with E-state index >= 15 is 0 Å². The Labute approximate surface area is 212 Å². The average molecular weight is 506 g/mol. The summed E-state index contributed by atoms with van der Waals surface area (Å²) in [4.78, 5) is 13.4. The number of aliphatic hydroxyl groups is 1. The summed E-state index contributed by atoms with van der Waals surface area (Å²) in [7, 11) is 0. The van der Waals surface area contributed by atoms with Crippen LogP contribution in [0.2, 0.25) is 5.02 Å². The van der Waals surface area contributed by atoms with Crippen LogP contribution in [0, 0.1) is 12.7 Å². The number of rotatable bonds is 13. The molecule has 5 nitrogen and oxygen atoms in total. The molecular formula is C28H37ClFNO4. The molecule has 1 fully saturated rings. The van der Waals surface area contributed by atoms with Gasteiger partial charge in [-0.05, 0) is 86.0 Å². The molecule has 1 saturated heterocycles. The predicted octanol–water partition coefficient (Wildman–Crippen LogP) is 5.73. The highest BCUT2D eigenvalue weighted by molar-refractivity contribution is 6.30. The molecule has 2 aromatic rings. The first-order valence-corrected chi connectivity index (χ1v) is 12.9. The summed E-state index contributed by atoms with van der Waals surface area (Å²) in [5.74, 6) is -1.03. The molecule has 0 radical (unpaired) electrons. The number of benzene rings is 2. The molecule has 35 heavy (non-hydrogen) atoms. The van der Waals surface area contributed by atoms with Crippen molar-refractivity contribution in [3.8, 4) is 0 Å². The van der Waals surface area contributed by atoms with Crippen molar-refractivity contribution in [3.05, 3.63) is 69.5 Å². The minimum Gasteiger partial charge on any atom is -0.481 e. The molecular weight excluding hydrogens is 469 g/mol. The monoisotopic (exact) mass is 505 g/mol. The zero-order valence-corrected chi connectivity index (χ0v) is 21.4. The second-order valence-corrected chi connectivity index (χ2v) is 10.0. The summed E-state index contributed by atoms with van der Waals surface area (Å²) in [5.41, 5.74) is 3.44. The van der Waals surface area contributed by atoms with Gasteiger partial charge in [-0.15, -0.1) is 0 Å². The van der Waals surface area contributed by atoms with Gasteiger partial charge in [-0.1, -0.05) is 43.1 Å². The number of carboxylic acid groups (broad SMARTS) is 1. The minimum atomic E-state index is -0.854. The number of β-amino-alcohol motifs (C(OH)–C–C–N with tert-alkyl or cyclic N) is 1. The Balaban J connectivity index is 1.60. The first-order valence-electron chi connectivity index (χ1n) is 12.6. The number of carbonyl (C=O) groups is 1. The number of likely N-dealkylation sites (tertiary alicyclic amines) is 1. The Bertz CT molecular complexity index is 985. The van der Waals surface area contributed by atoms with Crippen molar-refractivity contribution in [2.75, 3.05) is 19.7 Å². The van der Waals surface area contributed by atoms with Crippen LogP contribution < -0.4 is 0 Å². The summed E-state index contributed by atoms with van der Waals surface area (Å²) < 4.78 is 20.2. The van der Waals surface area contributed by atoms with Crippen LogP contribution in [0.4, 0.5) is 4.39 Å². The number of aliphatic carboxylic acids is 1. The van der Waals surface area contributed by atoms with Crippen LogP contribution in [0.1, 0.15) is 67.4 Å². The number of carboxylic acids is 1. The predicted molar refractivity (Wildman–Crippen MR) is 136 cm³/mol. The maximum atomic E-state index is 14.0. The Morgan fingerprint density at radius 2 is 2.09 bits per heavy atom. The maximum Gasteiger partial charge on any atom is 0.303 e. The first kappa shape index (κ1) is 27.6. The van der Waals surface area contributed by atoms with Gasteiger partial charge in [0.15, 0.2) is 0 Å². The van der Waals surface area contributed by atoms with Crippen molar-refractivity contribution in [1.82, 2.24) is 4.90 Å². The highest BCUT2D eigenvalue weighted by Gasteiger charge is 2.27. The van der Waals surface area contributed by atoms with Gasteiger partial charge in [-0.3, -0.25) is 9.69 Å². The molecule has 7 heteroatoms. The van der Waals surface area contributed by atoms with Crippen LogP contribution in [0.3, 0.4) is 0 Å². The van der Waals surface area contributed by atoms with E-state index in [0.29, 0.717) is 23.6 Å². The van der Waals surface area contributed by atoms with Crippen LogP contribution in [0.5, 0.6) is 0 Å². The second-order valence-electron chi connectivity index (χ2n) is 9.58. The lowest BCUT2D eigenvalue weighted by molar-refractivity contribution is -0.136. The zero-order chi connectivity index (χ0) is 25.4. The fourth-order valence-electron chi connectivity index (χ4n) is 4.89. The van der Waals surface area contributed by atoms with Crippen molar-refractivity contribution >= 4 is 17.6 Å². The Morgan fingerprint density at radius 3 is 2.80 bits per heavy atom. The number of hydrogen-bond donors (Lipinski definition) is 2. The highest BCUT2D eigenvalue weighted by Crippen LogP contribution is 2.30. The van der Waals surface area contributed by atoms with E-state index in [-0.39, 0.29) is 31.0 Å². The summed E-state index contributed by atoms with van der Waals surface area (Å²) in [6.45, 7) is 5.44. The fourth-order valence-corrected chi connectivity index (χ4v) is 5.08. The summed E-state index contributed by atoms with van der Waals surface area (Å²) >= 11 is 6.17. The number of halogens is 2. The maximum absolute atomic E-state index is 14.0. The molecule has 0 unspecified atom stereocenters. The van der Waals surface area contributed by atoms with Gasteiger partial charge in [-0.25, -0.2) is 4.39 Å². The van der Waals surface area contributed by atoms with E-state index in [9.17, 15) is 14.3 Å². The lowest BCUT2D eigenvalue weighted by Crippen LogP contribution is -2.39. The van der Waals surface area contributed by atoms with E-state index in [2.05, 4.69) is 11.8 Å². The van der Waals surface area contributed by atoms with Gasteiger partial charge in [0.2, 0.25) is 0 Å². The van der Waals surface area contributed by atoms with Crippen molar-refractivity contribution in [3.63, 3.8) is 0 Å². The van der Waals surface area contributed by atoms with Crippen molar-refractivity contribution in [2.24, 2.45) is 0 Å². The second kappa shape index (κ2) is 13.4. The summed E-state index contributed by atoms with van der Waals surface area (Å²) in [6, 6.07) is 11.2. The van der Waals surface area contributed by atoms with Gasteiger partial charge in [0, 0.05) is 24.0 Å². The molecule has 0 aromatic heterocycles. The van der Waals surface area contributed by atoms with E-state index in [0.717, 1.165) is 55.3 Å². The first-order chi connectivity index (χ1) is 16.8. The Hall–Kier alpha value is -1.99. The molecule has 0 spiro atoms. The molecule has 2 N–H and O–H groups in total. The summed E-state index contributed by atoms with van der Waals surface area (Å²) in [5, 5.41) is 20.5. The SMILES string of the molecule is CCC[C@@H](OC[C@H](O)CN1CCC[C@H]1Cc1ccc(C)c(F)c1)c1ccc(Cl)cc1CCC(=O)O. The molecule has 1 aliphatic rings. The molecule has 0 bridgehead atoms. The molecule has 0 amide bonds. The lowest BCUT2D eigenvalue weighted by Gasteiger charge is -2.28. The molecule has 3 rings (SSSR count). The molecule has 2 aromatic carbocycles. The smallest absolute Gasteiger partial charge is 0.303 e. The van der Waals surface area contributed by atoms with Crippen molar-refractivity contribution in [2.45, 2.75) is 77.0 Å². The molecule has 1 heterocycles. The van der Waals surface area contributed by atoms with Gasteiger partial charge in [0.05, 0.1) is 18.8 Å². The molecule has 0 aliphatic carbocycles. The van der Waals surface area contributed by atoms with E-state index in [1.54, 1.807) is 19.1 Å². The van der Waals surface area contributed by atoms with Crippen LogP contribution in [0.15, 0.2) is 36.4 Å². The van der Waals surface area contributed by atoms with Crippen LogP contribution in [0.25, 0.3) is 0 Å². The number of aryl methyl sites for hydroxylation is 2. The molecule has 192 valence electrons. The van der Waals surface area contributed by atoms with E-state index in [1.807, 2.05) is 24.3 Å². The third-order valence-electron chi connectivity index (χ3n) is 6.75. The van der Waals surface area contributed by atoms with Crippen molar-refractivity contribution in [1.29, 1.82) is 0 Å². The molecule has 1 aliphatic heterocycles. The third kappa shape index (κ3) is 8.28. The number of ether oxygens (including phenoxy) is 1. The van der Waals surface area contributed by atoms with Gasteiger partial charge < -0.3 is 14.9 Å². The Morgan fingerprint density at radius 1 is 1.29 bits per heavy atom. The van der Waals surface area contributed by atoms with Gasteiger partial charge in [0.1, 0.15) is 5.82 Å². The molecule has 3 atom stereocenters. The Kier molecular flexibility index (Phi) is 10.5. The van der Waals surface area contributed by atoms with E-state index < -0.39 is 12.1 Å². The topological polar surface area (TPSA) is 70.0 Å². The minimum absolute atomic E-state index is 0.0239. The third-order valence-corrected chi connectivity index (χ3v) is 6.99. The van der Waals surface area contributed by atoms with Gasteiger partial charge in [-0.2, -0.15) is 0 Å². The van der Waals surface area contributed by atoms with Crippen LogP contribution in [-0.4, -0.2) is 52.9 Å². The van der Waals surface area contributed by atoms with Crippen LogP contribution in [-0.2, 0) is 22.4 Å².